The van der Waals surface area contributed by atoms with Crippen LogP contribution >= 0.6 is 0 Å². The SMILES string of the molecule is CCN(CC)CC(=O)Nc1ccc2ncn(CCc3c[nH]c4ccccc34)c(=O)c2c1. The van der Waals surface area contributed by atoms with Crippen LogP contribution in [0.5, 0.6) is 0 Å². The molecule has 0 fully saturated rings. The number of rotatable bonds is 8. The Bertz CT molecular complexity index is 1270. The summed E-state index contributed by atoms with van der Waals surface area (Å²) in [7, 11) is 0. The van der Waals surface area contributed by atoms with Crippen LogP contribution in [0.2, 0.25) is 0 Å². The third kappa shape index (κ3) is 4.51. The standard InChI is InChI=1S/C24H27N5O2/c1-3-28(4-2)15-23(30)27-18-9-10-22-20(13-18)24(31)29(16-26-22)12-11-17-14-25-21-8-6-5-7-19(17)21/h5-10,13-14,16,25H,3-4,11-12,15H2,1-2H3,(H,27,30). The molecule has 7 heteroatoms. The molecule has 4 aromatic rings. The quantitative estimate of drug-likeness (QED) is 0.460. The second-order valence-electron chi connectivity index (χ2n) is 7.59. The first-order valence-electron chi connectivity index (χ1n) is 10.7. The Labute approximate surface area is 180 Å². The number of carbonyl (C=O) groups is 1. The molecule has 0 unspecified atom stereocenters. The van der Waals surface area contributed by atoms with Crippen molar-refractivity contribution < 1.29 is 4.79 Å². The van der Waals surface area contributed by atoms with Gasteiger partial charge in [0.25, 0.3) is 5.56 Å². The molecule has 160 valence electrons. The lowest BCUT2D eigenvalue weighted by molar-refractivity contribution is -0.117. The molecule has 31 heavy (non-hydrogen) atoms. The molecule has 2 N–H and O–H groups in total. The molecule has 0 radical (unpaired) electrons. The summed E-state index contributed by atoms with van der Waals surface area (Å²) in [5.41, 5.74) is 3.38. The Kier molecular flexibility index (Phi) is 6.13. The zero-order valence-corrected chi connectivity index (χ0v) is 17.9. The third-order valence-electron chi connectivity index (χ3n) is 5.67. The van der Waals surface area contributed by atoms with E-state index in [1.165, 1.54) is 10.9 Å². The lowest BCUT2D eigenvalue weighted by Gasteiger charge is -2.17. The minimum Gasteiger partial charge on any atom is -0.361 e. The van der Waals surface area contributed by atoms with Gasteiger partial charge in [-0.05, 0) is 49.3 Å². The maximum absolute atomic E-state index is 13.1. The zero-order chi connectivity index (χ0) is 21.8. The van der Waals surface area contributed by atoms with E-state index in [0.29, 0.717) is 29.7 Å². The highest BCUT2D eigenvalue weighted by Gasteiger charge is 2.11. The Morgan fingerprint density at radius 3 is 2.74 bits per heavy atom. The fraction of sp³-hybridized carbons (Fsp3) is 0.292. The molecule has 2 aromatic heterocycles. The number of aromatic amines is 1. The number of H-pyrrole nitrogens is 1. The molecule has 1 amide bonds. The van der Waals surface area contributed by atoms with E-state index in [9.17, 15) is 9.59 Å². The van der Waals surface area contributed by atoms with Crippen molar-refractivity contribution in [1.82, 2.24) is 19.4 Å². The van der Waals surface area contributed by atoms with E-state index < -0.39 is 0 Å². The summed E-state index contributed by atoms with van der Waals surface area (Å²) in [5.74, 6) is -0.0911. The first kappa shape index (κ1) is 20.8. The molecule has 0 aliphatic rings. The predicted molar refractivity (Wildman–Crippen MR) is 124 cm³/mol. The second kappa shape index (κ2) is 9.14. The summed E-state index contributed by atoms with van der Waals surface area (Å²) in [6.45, 7) is 6.53. The number of aryl methyl sites for hydroxylation is 2. The number of likely N-dealkylation sites (N-methyl/N-ethyl adjacent to an activating group) is 1. The molecule has 0 aliphatic carbocycles. The summed E-state index contributed by atoms with van der Waals surface area (Å²) in [6.07, 6.45) is 4.31. The fourth-order valence-electron chi connectivity index (χ4n) is 3.83. The molecule has 0 saturated heterocycles. The van der Waals surface area contributed by atoms with Gasteiger partial charge in [-0.2, -0.15) is 0 Å². The molecular formula is C24H27N5O2. The smallest absolute Gasteiger partial charge is 0.261 e. The van der Waals surface area contributed by atoms with Crippen LogP contribution in [-0.2, 0) is 17.8 Å². The largest absolute Gasteiger partial charge is 0.361 e. The van der Waals surface area contributed by atoms with Crippen LogP contribution in [0.3, 0.4) is 0 Å². The molecule has 0 spiro atoms. The van der Waals surface area contributed by atoms with E-state index in [4.69, 9.17) is 0 Å². The van der Waals surface area contributed by atoms with Crippen molar-refractivity contribution in [3.8, 4) is 0 Å². The van der Waals surface area contributed by atoms with Gasteiger partial charge in [0.15, 0.2) is 0 Å². The van der Waals surface area contributed by atoms with Crippen molar-refractivity contribution in [3.05, 3.63) is 70.9 Å². The third-order valence-corrected chi connectivity index (χ3v) is 5.67. The maximum Gasteiger partial charge on any atom is 0.261 e. The molecule has 0 bridgehead atoms. The maximum atomic E-state index is 13.1. The lowest BCUT2D eigenvalue weighted by Crippen LogP contribution is -2.32. The van der Waals surface area contributed by atoms with E-state index in [0.717, 1.165) is 25.0 Å². The molecule has 7 nitrogen and oxygen atoms in total. The second-order valence-corrected chi connectivity index (χ2v) is 7.59. The van der Waals surface area contributed by atoms with Gasteiger partial charge in [0, 0.05) is 29.3 Å². The normalized spacial score (nSPS) is 11.5. The van der Waals surface area contributed by atoms with Crippen molar-refractivity contribution in [2.45, 2.75) is 26.8 Å². The van der Waals surface area contributed by atoms with E-state index >= 15 is 0 Å². The van der Waals surface area contributed by atoms with E-state index in [1.807, 2.05) is 43.1 Å². The first-order chi connectivity index (χ1) is 15.1. The van der Waals surface area contributed by atoms with Crippen LogP contribution in [0.15, 0.2) is 59.8 Å². The Hall–Kier alpha value is -3.45. The summed E-state index contributed by atoms with van der Waals surface area (Å²) in [6, 6.07) is 13.4. The highest BCUT2D eigenvalue weighted by molar-refractivity contribution is 5.94. The van der Waals surface area contributed by atoms with Gasteiger partial charge in [0.1, 0.15) is 0 Å². The van der Waals surface area contributed by atoms with Gasteiger partial charge in [0.05, 0.1) is 23.8 Å². The van der Waals surface area contributed by atoms with Gasteiger partial charge in [-0.1, -0.05) is 32.0 Å². The van der Waals surface area contributed by atoms with Crippen LogP contribution < -0.4 is 10.9 Å². The van der Waals surface area contributed by atoms with Crippen LogP contribution in [0.25, 0.3) is 21.8 Å². The van der Waals surface area contributed by atoms with Crippen molar-refractivity contribution in [1.29, 1.82) is 0 Å². The number of carbonyl (C=O) groups excluding carboxylic acids is 1. The number of amides is 1. The summed E-state index contributed by atoms with van der Waals surface area (Å²) >= 11 is 0. The number of hydrogen-bond donors (Lipinski definition) is 2. The van der Waals surface area contributed by atoms with Crippen molar-refractivity contribution >= 4 is 33.4 Å². The summed E-state index contributed by atoms with van der Waals surface area (Å²) in [4.78, 5) is 35.1. The number of para-hydroxylation sites is 1. The topological polar surface area (TPSA) is 83.0 Å². The predicted octanol–water partition coefficient (Wildman–Crippen LogP) is 3.40. The van der Waals surface area contributed by atoms with Gasteiger partial charge in [0.2, 0.25) is 5.91 Å². The van der Waals surface area contributed by atoms with Crippen LogP contribution in [-0.4, -0.2) is 45.0 Å². The molecule has 2 heterocycles. The van der Waals surface area contributed by atoms with Gasteiger partial charge in [-0.25, -0.2) is 4.98 Å². The van der Waals surface area contributed by atoms with Crippen LogP contribution in [0.1, 0.15) is 19.4 Å². The van der Waals surface area contributed by atoms with Crippen molar-refractivity contribution in [2.24, 2.45) is 0 Å². The molecule has 0 saturated carbocycles. The van der Waals surface area contributed by atoms with Crippen molar-refractivity contribution in [2.75, 3.05) is 25.0 Å². The minimum absolute atomic E-state index is 0.0911. The Morgan fingerprint density at radius 2 is 1.94 bits per heavy atom. The van der Waals surface area contributed by atoms with Crippen LogP contribution in [0.4, 0.5) is 5.69 Å². The minimum atomic E-state index is -0.107. The van der Waals surface area contributed by atoms with Gasteiger partial charge in [-0.15, -0.1) is 0 Å². The number of benzene rings is 2. The number of anilines is 1. The number of aromatic nitrogens is 3. The van der Waals surface area contributed by atoms with E-state index in [2.05, 4.69) is 21.4 Å². The number of fused-ring (bicyclic) bond motifs is 2. The molecule has 4 rings (SSSR count). The summed E-state index contributed by atoms with van der Waals surface area (Å²) in [5, 5.41) is 4.56. The van der Waals surface area contributed by atoms with Crippen molar-refractivity contribution in [3.63, 3.8) is 0 Å². The van der Waals surface area contributed by atoms with Gasteiger partial charge in [-0.3, -0.25) is 19.1 Å². The zero-order valence-electron chi connectivity index (χ0n) is 17.9. The van der Waals surface area contributed by atoms with E-state index in [-0.39, 0.29) is 11.5 Å². The number of hydrogen-bond acceptors (Lipinski definition) is 4. The molecule has 2 aromatic carbocycles. The Balaban J connectivity index is 1.53. The molecule has 0 aliphatic heterocycles. The number of nitrogens with zero attached hydrogens (tertiary/aromatic N) is 3. The monoisotopic (exact) mass is 417 g/mol. The van der Waals surface area contributed by atoms with E-state index in [1.54, 1.807) is 29.1 Å². The fourth-order valence-corrected chi connectivity index (χ4v) is 3.83. The van der Waals surface area contributed by atoms with Gasteiger partial charge < -0.3 is 10.3 Å². The Morgan fingerprint density at radius 1 is 1.13 bits per heavy atom. The average molecular weight is 418 g/mol. The molecular weight excluding hydrogens is 390 g/mol. The van der Waals surface area contributed by atoms with Crippen LogP contribution in [0, 0.1) is 0 Å². The number of nitrogens with one attached hydrogen (secondary N) is 2. The lowest BCUT2D eigenvalue weighted by atomic mass is 10.1. The summed E-state index contributed by atoms with van der Waals surface area (Å²) < 4.78 is 1.63. The first-order valence-corrected chi connectivity index (χ1v) is 10.7. The highest BCUT2D eigenvalue weighted by Crippen LogP contribution is 2.19. The average Bonchev–Trinajstić information content (AvgIpc) is 3.20. The highest BCUT2D eigenvalue weighted by atomic mass is 16.2. The molecule has 0 atom stereocenters. The van der Waals surface area contributed by atoms with Gasteiger partial charge >= 0.3 is 0 Å².